The molecule has 1 fully saturated rings. The highest BCUT2D eigenvalue weighted by molar-refractivity contribution is 9.10. The van der Waals surface area contributed by atoms with Gasteiger partial charge in [-0.25, -0.2) is 12.8 Å². The molecule has 6 nitrogen and oxygen atoms in total. The molecule has 0 spiro atoms. The fraction of sp³-hybridized carbons (Fsp3) is 0.417. The first-order valence-corrected chi connectivity index (χ1v) is 8.23. The zero-order valence-corrected chi connectivity index (χ0v) is 13.4. The van der Waals surface area contributed by atoms with Gasteiger partial charge in [-0.1, -0.05) is 0 Å². The van der Waals surface area contributed by atoms with Crippen LogP contribution < -0.4 is 0 Å². The molecule has 21 heavy (non-hydrogen) atoms. The van der Waals surface area contributed by atoms with Crippen molar-refractivity contribution < 1.29 is 27.4 Å². The van der Waals surface area contributed by atoms with Crippen molar-refractivity contribution in [3.8, 4) is 0 Å². The number of hydrogen-bond donors (Lipinski definition) is 1. The number of hydrogen-bond acceptors (Lipinski definition) is 5. The van der Waals surface area contributed by atoms with Crippen LogP contribution in [0.3, 0.4) is 0 Å². The maximum absolute atomic E-state index is 13.5. The van der Waals surface area contributed by atoms with Gasteiger partial charge in [-0.15, -0.1) is 0 Å². The second kappa shape index (κ2) is 5.99. The first-order valence-electron chi connectivity index (χ1n) is 6.00. The quantitative estimate of drug-likeness (QED) is 0.785. The lowest BCUT2D eigenvalue weighted by atomic mass is 10.2. The Hall–Kier alpha value is -1.03. The lowest BCUT2D eigenvalue weighted by Gasteiger charge is -2.21. The van der Waals surface area contributed by atoms with Gasteiger partial charge in [0, 0.05) is 13.0 Å². The van der Waals surface area contributed by atoms with E-state index in [1.807, 2.05) is 0 Å². The molecule has 116 valence electrons. The lowest BCUT2D eigenvalue weighted by Crippen LogP contribution is -2.41. The van der Waals surface area contributed by atoms with E-state index < -0.39 is 34.0 Å². The molecule has 0 aromatic heterocycles. The third kappa shape index (κ3) is 3.10. The van der Waals surface area contributed by atoms with Crippen LogP contribution in [0.1, 0.15) is 6.42 Å². The van der Waals surface area contributed by atoms with E-state index in [1.165, 1.54) is 12.1 Å². The minimum atomic E-state index is -4.10. The molecule has 0 saturated carbocycles. The molecular weight excluding hydrogens is 369 g/mol. The van der Waals surface area contributed by atoms with Crippen LogP contribution in [0.25, 0.3) is 0 Å². The van der Waals surface area contributed by atoms with Crippen molar-refractivity contribution in [3.05, 3.63) is 28.5 Å². The number of benzene rings is 1. The molecule has 2 unspecified atom stereocenters. The summed E-state index contributed by atoms with van der Waals surface area (Å²) < 4.78 is 44.0. The minimum absolute atomic E-state index is 0.0507. The van der Waals surface area contributed by atoms with Crippen LogP contribution >= 0.6 is 15.9 Å². The van der Waals surface area contributed by atoms with Crippen LogP contribution in [0, 0.1) is 5.82 Å². The molecule has 1 heterocycles. The largest absolute Gasteiger partial charge is 0.468 e. The van der Waals surface area contributed by atoms with Gasteiger partial charge in [0.25, 0.3) is 0 Å². The van der Waals surface area contributed by atoms with Gasteiger partial charge in [0.15, 0.2) is 0 Å². The number of β-amino-alcohol motifs (C(OH)–C–C–N with tert-alkyl or cyclic N) is 1. The Morgan fingerprint density at radius 1 is 1.52 bits per heavy atom. The number of carbonyl (C=O) groups excluding carboxylic acids is 1. The summed E-state index contributed by atoms with van der Waals surface area (Å²) in [5.74, 6) is -1.49. The van der Waals surface area contributed by atoms with Crippen LogP contribution in [0.2, 0.25) is 0 Å². The predicted molar refractivity (Wildman–Crippen MR) is 74.4 cm³/mol. The predicted octanol–water partition coefficient (Wildman–Crippen LogP) is 0.885. The second-order valence-electron chi connectivity index (χ2n) is 4.58. The van der Waals surface area contributed by atoms with Crippen molar-refractivity contribution in [2.24, 2.45) is 0 Å². The van der Waals surface area contributed by atoms with E-state index in [1.54, 1.807) is 0 Å². The van der Waals surface area contributed by atoms with Crippen molar-refractivity contribution in [2.45, 2.75) is 23.5 Å². The third-order valence-corrected chi connectivity index (χ3v) is 5.72. The summed E-state index contributed by atoms with van der Waals surface area (Å²) in [5.41, 5.74) is 0. The van der Waals surface area contributed by atoms with Gasteiger partial charge in [0.05, 0.1) is 22.6 Å². The zero-order chi connectivity index (χ0) is 15.8. The number of nitrogens with zero attached hydrogens (tertiary/aromatic N) is 1. The molecule has 1 N–H and O–H groups in total. The first kappa shape index (κ1) is 16.3. The van der Waals surface area contributed by atoms with Crippen molar-refractivity contribution in [1.82, 2.24) is 4.31 Å². The standard InChI is InChI=1S/C12H13BrFNO5S/c1-20-12(17)11-4-7(16)6-15(11)21(18,19)8-2-3-9(13)10(14)5-8/h2-3,5,7,11,16H,4,6H2,1H3. The van der Waals surface area contributed by atoms with E-state index in [9.17, 15) is 22.7 Å². The summed E-state index contributed by atoms with van der Waals surface area (Å²) in [6, 6.07) is 2.24. The normalized spacial score (nSPS) is 23.2. The number of rotatable bonds is 3. The summed E-state index contributed by atoms with van der Waals surface area (Å²) in [6.07, 6.45) is -1.02. The van der Waals surface area contributed by atoms with E-state index in [0.717, 1.165) is 17.5 Å². The summed E-state index contributed by atoms with van der Waals surface area (Å²) in [6.45, 7) is -0.236. The summed E-state index contributed by atoms with van der Waals surface area (Å²) in [7, 11) is -2.97. The molecule has 9 heteroatoms. The van der Waals surface area contributed by atoms with E-state index in [4.69, 9.17) is 0 Å². The highest BCUT2D eigenvalue weighted by Gasteiger charge is 2.44. The summed E-state index contributed by atoms with van der Waals surface area (Å²) in [4.78, 5) is 11.4. The van der Waals surface area contributed by atoms with Gasteiger partial charge in [-0.2, -0.15) is 4.31 Å². The van der Waals surface area contributed by atoms with Crippen LogP contribution in [0.4, 0.5) is 4.39 Å². The highest BCUT2D eigenvalue weighted by Crippen LogP contribution is 2.28. The van der Waals surface area contributed by atoms with Crippen molar-refractivity contribution in [1.29, 1.82) is 0 Å². The minimum Gasteiger partial charge on any atom is -0.468 e. The third-order valence-electron chi connectivity index (χ3n) is 3.20. The molecule has 0 radical (unpaired) electrons. The second-order valence-corrected chi connectivity index (χ2v) is 7.32. The molecular formula is C12H13BrFNO5S. The van der Waals surface area contributed by atoms with Gasteiger partial charge in [-0.3, -0.25) is 4.79 Å². The maximum Gasteiger partial charge on any atom is 0.324 e. The Labute approximate surface area is 129 Å². The summed E-state index contributed by atoms with van der Waals surface area (Å²) in [5, 5.41) is 9.63. The molecule has 1 aromatic carbocycles. The van der Waals surface area contributed by atoms with Gasteiger partial charge >= 0.3 is 5.97 Å². The molecule has 2 atom stereocenters. The molecule has 1 aliphatic heterocycles. The fourth-order valence-corrected chi connectivity index (χ4v) is 4.06. The van der Waals surface area contributed by atoms with Gasteiger partial charge in [0.2, 0.25) is 10.0 Å². The lowest BCUT2D eigenvalue weighted by molar-refractivity contribution is -0.144. The molecule has 1 saturated heterocycles. The number of aliphatic hydroxyl groups excluding tert-OH is 1. The zero-order valence-electron chi connectivity index (χ0n) is 11.0. The number of carbonyl (C=O) groups is 1. The molecule has 0 aliphatic carbocycles. The number of methoxy groups -OCH3 is 1. The van der Waals surface area contributed by atoms with Crippen molar-refractivity contribution in [3.63, 3.8) is 0 Å². The molecule has 0 bridgehead atoms. The summed E-state index contributed by atoms with van der Waals surface area (Å²) >= 11 is 2.94. The maximum atomic E-state index is 13.5. The smallest absolute Gasteiger partial charge is 0.324 e. The van der Waals surface area contributed by atoms with Gasteiger partial charge in [0.1, 0.15) is 11.9 Å². The number of ether oxygens (including phenoxy) is 1. The van der Waals surface area contributed by atoms with Crippen LogP contribution in [-0.4, -0.2) is 49.6 Å². The molecule has 1 aromatic rings. The Morgan fingerprint density at radius 3 is 2.76 bits per heavy atom. The average Bonchev–Trinajstić information content (AvgIpc) is 2.83. The van der Waals surface area contributed by atoms with Crippen molar-refractivity contribution in [2.75, 3.05) is 13.7 Å². The first-order chi connectivity index (χ1) is 9.77. The molecule has 2 rings (SSSR count). The Bertz CT molecular complexity index is 666. The molecule has 0 amide bonds. The van der Waals surface area contributed by atoms with E-state index in [-0.39, 0.29) is 22.3 Å². The van der Waals surface area contributed by atoms with E-state index in [0.29, 0.717) is 0 Å². The topological polar surface area (TPSA) is 83.9 Å². The number of esters is 1. The van der Waals surface area contributed by atoms with Crippen LogP contribution in [0.15, 0.2) is 27.6 Å². The number of sulfonamides is 1. The Kier molecular flexibility index (Phi) is 4.66. The van der Waals surface area contributed by atoms with Gasteiger partial charge in [-0.05, 0) is 34.1 Å². The number of aliphatic hydroxyl groups is 1. The average molecular weight is 382 g/mol. The van der Waals surface area contributed by atoms with Crippen LogP contribution in [0.5, 0.6) is 0 Å². The highest BCUT2D eigenvalue weighted by atomic mass is 79.9. The Morgan fingerprint density at radius 2 is 2.19 bits per heavy atom. The van der Waals surface area contributed by atoms with E-state index >= 15 is 0 Å². The number of halogens is 2. The fourth-order valence-electron chi connectivity index (χ4n) is 2.17. The Balaban J connectivity index is 2.41. The van der Waals surface area contributed by atoms with Crippen molar-refractivity contribution >= 4 is 31.9 Å². The molecule has 1 aliphatic rings. The van der Waals surface area contributed by atoms with Gasteiger partial charge < -0.3 is 9.84 Å². The van der Waals surface area contributed by atoms with Crippen LogP contribution in [-0.2, 0) is 19.6 Å². The monoisotopic (exact) mass is 381 g/mol. The van der Waals surface area contributed by atoms with E-state index in [2.05, 4.69) is 20.7 Å². The SMILES string of the molecule is COC(=O)C1CC(O)CN1S(=O)(=O)c1ccc(Br)c(F)c1.